The molecule has 2 heterocycles. The first-order chi connectivity index (χ1) is 10.7. The lowest BCUT2D eigenvalue weighted by Crippen LogP contribution is -2.51. The molecule has 0 radical (unpaired) electrons. The van der Waals surface area contributed by atoms with Crippen LogP contribution in [0.2, 0.25) is 0 Å². The third-order valence-corrected chi connectivity index (χ3v) is 4.68. The van der Waals surface area contributed by atoms with Gasteiger partial charge in [0.05, 0.1) is 17.7 Å². The number of rotatable bonds is 2. The van der Waals surface area contributed by atoms with Gasteiger partial charge in [0, 0.05) is 26.6 Å². The zero-order chi connectivity index (χ0) is 15.5. The van der Waals surface area contributed by atoms with Crippen molar-refractivity contribution in [1.29, 1.82) is 0 Å². The summed E-state index contributed by atoms with van der Waals surface area (Å²) in [7, 11) is 0. The number of benzene rings is 1. The van der Waals surface area contributed by atoms with Crippen molar-refractivity contribution in [3.63, 3.8) is 0 Å². The van der Waals surface area contributed by atoms with Crippen molar-refractivity contribution in [2.45, 2.75) is 13.0 Å². The highest BCUT2D eigenvalue weighted by atomic mass is 32.1. The molecule has 0 aliphatic carbocycles. The summed E-state index contributed by atoms with van der Waals surface area (Å²) in [6, 6.07) is 9.75. The Labute approximate surface area is 133 Å². The van der Waals surface area contributed by atoms with Crippen molar-refractivity contribution in [3.8, 4) is 0 Å². The summed E-state index contributed by atoms with van der Waals surface area (Å²) < 4.78 is 0. The van der Waals surface area contributed by atoms with Crippen molar-refractivity contribution in [3.05, 3.63) is 52.5 Å². The van der Waals surface area contributed by atoms with Gasteiger partial charge in [-0.3, -0.25) is 14.6 Å². The fraction of sp³-hybridized carbons (Fsp3) is 0.312. The number of hydrogen-bond acceptors (Lipinski definition) is 4. The first-order valence-corrected chi connectivity index (χ1v) is 8.04. The average Bonchev–Trinajstić information content (AvgIpc) is 3.09. The fourth-order valence-corrected chi connectivity index (χ4v) is 3.31. The van der Waals surface area contributed by atoms with Crippen molar-refractivity contribution in [1.82, 2.24) is 14.8 Å². The normalized spacial score (nSPS) is 18.3. The quantitative estimate of drug-likeness (QED) is 0.853. The van der Waals surface area contributed by atoms with Gasteiger partial charge in [0.2, 0.25) is 5.91 Å². The van der Waals surface area contributed by atoms with Crippen LogP contribution < -0.4 is 0 Å². The number of carbonyl (C=O) groups is 2. The smallest absolute Gasteiger partial charge is 0.266 e. The second-order valence-electron chi connectivity index (χ2n) is 5.26. The maximum atomic E-state index is 12.7. The molecular weight excluding hydrogens is 298 g/mol. The van der Waals surface area contributed by atoms with E-state index >= 15 is 0 Å². The third kappa shape index (κ3) is 2.87. The van der Waals surface area contributed by atoms with Gasteiger partial charge in [0.15, 0.2) is 0 Å². The van der Waals surface area contributed by atoms with E-state index in [4.69, 9.17) is 0 Å². The SMILES string of the molecule is CC(=O)N1CCN(C(=O)c2cncs2)[C@@H](c2ccccc2)C1. The van der Waals surface area contributed by atoms with Crippen LogP contribution in [-0.2, 0) is 4.79 Å². The Bertz CT molecular complexity index is 657. The Morgan fingerprint density at radius 2 is 2.00 bits per heavy atom. The molecular formula is C16H17N3O2S. The second-order valence-corrected chi connectivity index (χ2v) is 6.14. The Hall–Kier alpha value is -2.21. The van der Waals surface area contributed by atoms with E-state index in [-0.39, 0.29) is 17.9 Å². The van der Waals surface area contributed by atoms with Crippen LogP contribution in [0.5, 0.6) is 0 Å². The van der Waals surface area contributed by atoms with Crippen LogP contribution in [0.15, 0.2) is 42.0 Å². The molecule has 0 saturated carbocycles. The number of aromatic nitrogens is 1. The van der Waals surface area contributed by atoms with Gasteiger partial charge in [-0.1, -0.05) is 30.3 Å². The van der Waals surface area contributed by atoms with Crippen LogP contribution in [0.4, 0.5) is 0 Å². The highest BCUT2D eigenvalue weighted by Crippen LogP contribution is 2.27. The molecule has 2 amide bonds. The van der Waals surface area contributed by atoms with Crippen LogP contribution in [0.1, 0.15) is 28.2 Å². The fourth-order valence-electron chi connectivity index (χ4n) is 2.74. The van der Waals surface area contributed by atoms with E-state index in [0.717, 1.165) is 5.56 Å². The molecule has 1 saturated heterocycles. The van der Waals surface area contributed by atoms with Gasteiger partial charge in [-0.05, 0) is 5.56 Å². The molecule has 114 valence electrons. The molecule has 1 aliphatic rings. The monoisotopic (exact) mass is 315 g/mol. The van der Waals surface area contributed by atoms with Crippen molar-refractivity contribution < 1.29 is 9.59 Å². The van der Waals surface area contributed by atoms with Crippen LogP contribution in [0, 0.1) is 0 Å². The van der Waals surface area contributed by atoms with E-state index in [1.165, 1.54) is 11.3 Å². The van der Waals surface area contributed by atoms with Crippen LogP contribution in [0.25, 0.3) is 0 Å². The lowest BCUT2D eigenvalue weighted by atomic mass is 10.0. The molecule has 0 spiro atoms. The van der Waals surface area contributed by atoms with Gasteiger partial charge >= 0.3 is 0 Å². The van der Waals surface area contributed by atoms with Gasteiger partial charge in [0.25, 0.3) is 5.91 Å². The number of piperazine rings is 1. The highest BCUT2D eigenvalue weighted by molar-refractivity contribution is 7.11. The lowest BCUT2D eigenvalue weighted by molar-refractivity contribution is -0.131. The van der Waals surface area contributed by atoms with E-state index in [2.05, 4.69) is 4.98 Å². The molecule has 0 N–H and O–H groups in total. The van der Waals surface area contributed by atoms with Gasteiger partial charge in [-0.15, -0.1) is 11.3 Å². The van der Waals surface area contributed by atoms with Gasteiger partial charge in [0.1, 0.15) is 4.88 Å². The minimum atomic E-state index is -0.117. The predicted octanol–water partition coefficient (Wildman–Crippen LogP) is 2.19. The molecule has 0 unspecified atom stereocenters. The van der Waals surface area contributed by atoms with E-state index in [0.29, 0.717) is 24.5 Å². The molecule has 3 rings (SSSR count). The summed E-state index contributed by atoms with van der Waals surface area (Å²) in [5, 5.41) is 0. The largest absolute Gasteiger partial charge is 0.339 e. The zero-order valence-corrected chi connectivity index (χ0v) is 13.1. The molecule has 6 heteroatoms. The van der Waals surface area contributed by atoms with Crippen molar-refractivity contribution >= 4 is 23.2 Å². The zero-order valence-electron chi connectivity index (χ0n) is 12.3. The van der Waals surface area contributed by atoms with E-state index in [9.17, 15) is 9.59 Å². The molecule has 5 nitrogen and oxygen atoms in total. The summed E-state index contributed by atoms with van der Waals surface area (Å²) in [5.74, 6) is 0.0328. The maximum absolute atomic E-state index is 12.7. The average molecular weight is 315 g/mol. The molecule has 1 aliphatic heterocycles. The van der Waals surface area contributed by atoms with Crippen LogP contribution >= 0.6 is 11.3 Å². The van der Waals surface area contributed by atoms with E-state index in [1.807, 2.05) is 35.2 Å². The summed E-state index contributed by atoms with van der Waals surface area (Å²) >= 11 is 1.35. The maximum Gasteiger partial charge on any atom is 0.266 e. The van der Waals surface area contributed by atoms with Crippen LogP contribution in [-0.4, -0.2) is 46.2 Å². The molecule has 1 fully saturated rings. The minimum Gasteiger partial charge on any atom is -0.339 e. The third-order valence-electron chi connectivity index (χ3n) is 3.91. The molecule has 1 aromatic heterocycles. The number of carbonyl (C=O) groups excluding carboxylic acids is 2. The Morgan fingerprint density at radius 1 is 1.23 bits per heavy atom. The Balaban J connectivity index is 1.90. The summed E-state index contributed by atoms with van der Waals surface area (Å²) in [6.07, 6.45) is 1.60. The molecule has 2 aromatic rings. The molecule has 22 heavy (non-hydrogen) atoms. The summed E-state index contributed by atoms with van der Waals surface area (Å²) in [5.41, 5.74) is 2.71. The topological polar surface area (TPSA) is 53.5 Å². The molecule has 1 aromatic carbocycles. The number of nitrogens with zero attached hydrogens (tertiary/aromatic N) is 3. The number of hydrogen-bond donors (Lipinski definition) is 0. The van der Waals surface area contributed by atoms with Gasteiger partial charge in [-0.25, -0.2) is 0 Å². The van der Waals surface area contributed by atoms with E-state index < -0.39 is 0 Å². The number of amides is 2. The Kier molecular flexibility index (Phi) is 4.20. The number of thiazole rings is 1. The first kappa shape index (κ1) is 14.7. The first-order valence-electron chi connectivity index (χ1n) is 7.16. The van der Waals surface area contributed by atoms with E-state index in [1.54, 1.807) is 23.5 Å². The minimum absolute atomic E-state index is 0.0143. The van der Waals surface area contributed by atoms with Gasteiger partial charge in [-0.2, -0.15) is 0 Å². The summed E-state index contributed by atoms with van der Waals surface area (Å²) in [6.45, 7) is 3.21. The predicted molar refractivity (Wildman–Crippen MR) is 84.6 cm³/mol. The lowest BCUT2D eigenvalue weighted by Gasteiger charge is -2.41. The summed E-state index contributed by atoms with van der Waals surface area (Å²) in [4.78, 5) is 32.7. The van der Waals surface area contributed by atoms with Crippen molar-refractivity contribution in [2.24, 2.45) is 0 Å². The molecule has 1 atom stereocenters. The highest BCUT2D eigenvalue weighted by Gasteiger charge is 2.33. The molecule has 0 bridgehead atoms. The van der Waals surface area contributed by atoms with Crippen LogP contribution in [0.3, 0.4) is 0 Å². The Morgan fingerprint density at radius 3 is 2.64 bits per heavy atom. The van der Waals surface area contributed by atoms with Crippen molar-refractivity contribution in [2.75, 3.05) is 19.6 Å². The second kappa shape index (κ2) is 6.27. The standard InChI is InChI=1S/C16H17N3O2S/c1-12(20)18-7-8-19(16(21)15-9-17-11-22-15)14(10-18)13-5-3-2-4-6-13/h2-6,9,11,14H,7-8,10H2,1H3/t14-/m1/s1. The van der Waals surface area contributed by atoms with Gasteiger partial charge < -0.3 is 9.80 Å².